The Morgan fingerprint density at radius 2 is 0.792 bits per heavy atom. The van der Waals surface area contributed by atoms with Gasteiger partial charge >= 0.3 is 0 Å². The van der Waals surface area contributed by atoms with E-state index in [1.807, 2.05) is 30.3 Å². The summed E-state index contributed by atoms with van der Waals surface area (Å²) in [7, 11) is 0. The van der Waals surface area contributed by atoms with Crippen LogP contribution in [0.15, 0.2) is 48.5 Å². The molecule has 0 saturated carbocycles. The molecule has 0 aliphatic rings. The van der Waals surface area contributed by atoms with Gasteiger partial charge in [-0.05, 0) is 11.6 Å². The third-order valence-corrected chi connectivity index (χ3v) is 6.78. The molecule has 0 spiro atoms. The predicted molar refractivity (Wildman–Crippen MR) is 193 cm³/mol. The molecule has 18 heteroatoms. The standard InChI is InChI=1S/C35H55N3O15/c39-37(40)33-6-7-34(35(30-33)38(41)42)36-8-9-43-10-11-44-12-13-45-14-15-46-16-17-47-18-19-48-20-21-49-22-23-50-24-25-51-26-27-52-28-29-53-31-32-4-2-1-3-5-32/h1-7,30,36H,8-29,31H2. The molecule has 300 valence electrons. The van der Waals surface area contributed by atoms with Crippen molar-refractivity contribution in [1.29, 1.82) is 0 Å². The number of nitro groups is 2. The van der Waals surface area contributed by atoms with Crippen molar-refractivity contribution in [2.24, 2.45) is 0 Å². The predicted octanol–water partition coefficient (Wildman–Crippen LogP) is 3.30. The van der Waals surface area contributed by atoms with Gasteiger partial charge in [0.25, 0.3) is 11.4 Å². The fourth-order valence-electron chi connectivity index (χ4n) is 4.16. The summed E-state index contributed by atoms with van der Waals surface area (Å²) in [5, 5.41) is 24.8. The maximum atomic E-state index is 11.2. The number of benzene rings is 2. The Labute approximate surface area is 310 Å². The lowest BCUT2D eigenvalue weighted by Gasteiger charge is -2.09. The Balaban J connectivity index is 1.19. The summed E-state index contributed by atoms with van der Waals surface area (Å²) in [4.78, 5) is 20.6. The average Bonchev–Trinajstić information content (AvgIpc) is 3.16. The summed E-state index contributed by atoms with van der Waals surface area (Å²) in [6.07, 6.45) is 0. The van der Waals surface area contributed by atoms with E-state index in [0.29, 0.717) is 139 Å². The van der Waals surface area contributed by atoms with Crippen LogP contribution in [0.3, 0.4) is 0 Å². The number of hydrogen-bond acceptors (Lipinski definition) is 16. The molecule has 0 bridgehead atoms. The lowest BCUT2D eigenvalue weighted by atomic mass is 10.2. The van der Waals surface area contributed by atoms with Crippen LogP contribution in [-0.4, -0.2) is 155 Å². The largest absolute Gasteiger partial charge is 0.377 e. The molecule has 0 unspecified atom stereocenters. The number of rotatable bonds is 38. The van der Waals surface area contributed by atoms with Gasteiger partial charge in [-0.25, -0.2) is 0 Å². The summed E-state index contributed by atoms with van der Waals surface area (Å²) in [5.41, 5.74) is 0.620. The highest BCUT2D eigenvalue weighted by molar-refractivity contribution is 5.65. The molecule has 0 fully saturated rings. The first-order chi connectivity index (χ1) is 26.1. The number of nitrogens with zero attached hydrogens (tertiary/aromatic N) is 2. The van der Waals surface area contributed by atoms with Crippen LogP contribution in [0.5, 0.6) is 0 Å². The maximum Gasteiger partial charge on any atom is 0.299 e. The number of ether oxygens (including phenoxy) is 11. The summed E-state index contributed by atoms with van der Waals surface area (Å²) in [5.74, 6) is 0. The molecule has 2 aromatic carbocycles. The van der Waals surface area contributed by atoms with Crippen molar-refractivity contribution < 1.29 is 62.0 Å². The minimum Gasteiger partial charge on any atom is -0.377 e. The first-order valence-electron chi connectivity index (χ1n) is 17.6. The zero-order chi connectivity index (χ0) is 37.9. The third-order valence-electron chi connectivity index (χ3n) is 6.78. The number of nitro benzene ring substituents is 2. The van der Waals surface area contributed by atoms with E-state index in [9.17, 15) is 20.2 Å². The molecule has 0 heterocycles. The molecule has 53 heavy (non-hydrogen) atoms. The normalized spacial score (nSPS) is 11.2. The third kappa shape index (κ3) is 26.1. The second kappa shape index (κ2) is 33.2. The van der Waals surface area contributed by atoms with Gasteiger partial charge in [0, 0.05) is 12.6 Å². The molecule has 2 aromatic rings. The zero-order valence-corrected chi connectivity index (χ0v) is 30.4. The molecule has 18 nitrogen and oxygen atoms in total. The molecule has 0 aliphatic carbocycles. The Bertz CT molecular complexity index is 1180. The SMILES string of the molecule is O=[N+]([O-])c1ccc(NCCOCCOCCOCCOCCOCCOCCOCCOCCOCCOCCOCc2ccccc2)c([N+](=O)[O-])c1. The van der Waals surface area contributed by atoms with Crippen molar-refractivity contribution >= 4 is 17.1 Å². The summed E-state index contributed by atoms with van der Waals surface area (Å²) in [6, 6.07) is 13.5. The molecule has 0 aliphatic heterocycles. The van der Waals surface area contributed by atoms with Gasteiger partial charge in [-0.2, -0.15) is 0 Å². The van der Waals surface area contributed by atoms with Gasteiger partial charge in [0.05, 0.1) is 161 Å². The van der Waals surface area contributed by atoms with Crippen molar-refractivity contribution in [2.45, 2.75) is 6.61 Å². The molecule has 0 saturated heterocycles. The molecule has 0 atom stereocenters. The fourth-order valence-corrected chi connectivity index (χ4v) is 4.16. The summed E-state index contributed by atoms with van der Waals surface area (Å²) in [6.45, 7) is 10.5. The van der Waals surface area contributed by atoms with Crippen molar-refractivity contribution in [3.63, 3.8) is 0 Å². The molecule has 0 amide bonds. The topological polar surface area (TPSA) is 200 Å². The van der Waals surface area contributed by atoms with Gasteiger partial charge in [0.2, 0.25) is 0 Å². The first kappa shape index (κ1) is 45.8. The highest BCUT2D eigenvalue weighted by Gasteiger charge is 2.19. The minimum atomic E-state index is -0.681. The Hall–Kier alpha value is -3.40. The van der Waals surface area contributed by atoms with E-state index in [-0.39, 0.29) is 30.2 Å². The summed E-state index contributed by atoms with van der Waals surface area (Å²) < 4.78 is 60.2. The highest BCUT2D eigenvalue weighted by Crippen LogP contribution is 2.28. The number of hydrogen-bond donors (Lipinski definition) is 1. The van der Waals surface area contributed by atoms with Gasteiger partial charge in [-0.15, -0.1) is 0 Å². The molecular weight excluding hydrogens is 702 g/mol. The number of non-ortho nitro benzene ring substituents is 1. The van der Waals surface area contributed by atoms with Crippen molar-refractivity contribution in [2.75, 3.05) is 151 Å². The number of nitrogens with one attached hydrogen (secondary N) is 1. The first-order valence-corrected chi connectivity index (χ1v) is 17.6. The van der Waals surface area contributed by atoms with E-state index >= 15 is 0 Å². The van der Waals surface area contributed by atoms with Crippen LogP contribution in [-0.2, 0) is 58.7 Å². The van der Waals surface area contributed by atoms with Crippen LogP contribution in [0, 0.1) is 20.2 Å². The van der Waals surface area contributed by atoms with Gasteiger partial charge in [-0.3, -0.25) is 20.2 Å². The monoisotopic (exact) mass is 757 g/mol. The van der Waals surface area contributed by atoms with Crippen LogP contribution < -0.4 is 5.32 Å². The van der Waals surface area contributed by atoms with Crippen LogP contribution in [0.2, 0.25) is 0 Å². The Kier molecular flexibility index (Phi) is 28.7. The highest BCUT2D eigenvalue weighted by atomic mass is 16.6. The van der Waals surface area contributed by atoms with Crippen molar-refractivity contribution in [3.05, 3.63) is 74.3 Å². The van der Waals surface area contributed by atoms with Crippen LogP contribution in [0.4, 0.5) is 17.1 Å². The minimum absolute atomic E-state index is 0.185. The average molecular weight is 758 g/mol. The lowest BCUT2D eigenvalue weighted by molar-refractivity contribution is -0.393. The molecule has 0 radical (unpaired) electrons. The number of anilines is 1. The van der Waals surface area contributed by atoms with Crippen LogP contribution in [0.25, 0.3) is 0 Å². The van der Waals surface area contributed by atoms with Crippen LogP contribution >= 0.6 is 0 Å². The van der Waals surface area contributed by atoms with E-state index in [0.717, 1.165) is 11.6 Å². The summed E-state index contributed by atoms with van der Waals surface area (Å²) >= 11 is 0. The van der Waals surface area contributed by atoms with Gasteiger partial charge in [0.15, 0.2) is 0 Å². The van der Waals surface area contributed by atoms with E-state index in [4.69, 9.17) is 52.1 Å². The van der Waals surface area contributed by atoms with Gasteiger partial charge in [0.1, 0.15) is 5.69 Å². The molecule has 2 rings (SSSR count). The molecule has 1 N–H and O–H groups in total. The van der Waals surface area contributed by atoms with Crippen LogP contribution in [0.1, 0.15) is 5.56 Å². The van der Waals surface area contributed by atoms with E-state index in [1.165, 1.54) is 12.1 Å². The van der Waals surface area contributed by atoms with Gasteiger partial charge < -0.3 is 57.4 Å². The lowest BCUT2D eigenvalue weighted by Crippen LogP contribution is -2.16. The smallest absolute Gasteiger partial charge is 0.299 e. The maximum absolute atomic E-state index is 11.2. The molecule has 0 aromatic heterocycles. The van der Waals surface area contributed by atoms with Crippen molar-refractivity contribution in [3.8, 4) is 0 Å². The van der Waals surface area contributed by atoms with E-state index in [1.54, 1.807) is 0 Å². The Morgan fingerprint density at radius 1 is 0.434 bits per heavy atom. The fraction of sp³-hybridized carbons (Fsp3) is 0.657. The quantitative estimate of drug-likeness (QED) is 0.0594. The molecular formula is C35H55N3O15. The van der Waals surface area contributed by atoms with Crippen molar-refractivity contribution in [1.82, 2.24) is 0 Å². The second-order valence-electron chi connectivity index (χ2n) is 10.8. The Morgan fingerprint density at radius 3 is 1.15 bits per heavy atom. The van der Waals surface area contributed by atoms with E-state index < -0.39 is 9.85 Å². The zero-order valence-electron chi connectivity index (χ0n) is 30.4. The van der Waals surface area contributed by atoms with Gasteiger partial charge in [-0.1, -0.05) is 30.3 Å². The van der Waals surface area contributed by atoms with E-state index in [2.05, 4.69) is 5.32 Å². The second-order valence-corrected chi connectivity index (χ2v) is 10.8.